The third-order valence-electron chi connectivity index (χ3n) is 3.77. The Bertz CT molecular complexity index is 1080. The number of aromatic amines is 1. The van der Waals surface area contributed by atoms with Gasteiger partial charge in [0.25, 0.3) is 0 Å². The fraction of sp³-hybridized carbons (Fsp3) is 0.167. The van der Waals surface area contributed by atoms with E-state index in [4.69, 9.17) is 21.7 Å². The van der Waals surface area contributed by atoms with Gasteiger partial charge in [0.15, 0.2) is 11.6 Å². The molecule has 0 fully saturated rings. The van der Waals surface area contributed by atoms with E-state index in [0.29, 0.717) is 16.2 Å². The molecule has 0 spiro atoms. The second-order valence-corrected chi connectivity index (χ2v) is 5.92. The van der Waals surface area contributed by atoms with Gasteiger partial charge in [0, 0.05) is 17.2 Å². The Morgan fingerprint density at radius 2 is 2.11 bits per heavy atom. The van der Waals surface area contributed by atoms with E-state index in [1.165, 1.54) is 24.1 Å². The number of nitrogens with zero attached hydrogens (tertiary/aromatic N) is 4. The van der Waals surface area contributed by atoms with Gasteiger partial charge in [-0.15, -0.1) is 0 Å². The van der Waals surface area contributed by atoms with E-state index in [1.807, 2.05) is 30.3 Å². The van der Waals surface area contributed by atoms with E-state index in [0.717, 1.165) is 5.56 Å². The molecule has 1 aromatic heterocycles. The number of H-pyrrole nitrogens is 1. The number of aromatic nitrogens is 3. The minimum Gasteiger partial charge on any atom is -0.493 e. The summed E-state index contributed by atoms with van der Waals surface area (Å²) in [6.45, 7) is 2.01. The largest absolute Gasteiger partial charge is 0.493 e. The molecule has 1 heterocycles. The van der Waals surface area contributed by atoms with Crippen LogP contribution in [0.4, 0.5) is 5.69 Å². The molecule has 0 radical (unpaired) electrons. The maximum atomic E-state index is 11.4. The Hall–Kier alpha value is -3.53. The molecule has 28 heavy (non-hydrogen) atoms. The lowest BCUT2D eigenvalue weighted by atomic mass is 10.2. The van der Waals surface area contributed by atoms with Crippen molar-refractivity contribution in [3.8, 4) is 22.9 Å². The van der Waals surface area contributed by atoms with Crippen LogP contribution in [-0.2, 0) is 0 Å². The lowest BCUT2D eigenvalue weighted by Crippen LogP contribution is -2.02. The first kappa shape index (κ1) is 19.2. The molecule has 0 saturated carbocycles. The topological polar surface area (TPSA) is 108 Å². The maximum absolute atomic E-state index is 11.4. The van der Waals surface area contributed by atoms with Crippen molar-refractivity contribution in [2.45, 2.75) is 6.92 Å². The summed E-state index contributed by atoms with van der Waals surface area (Å²) in [4.78, 5) is 10.9. The molecule has 0 aliphatic rings. The number of hydrogen-bond donors (Lipinski definition) is 1. The van der Waals surface area contributed by atoms with E-state index in [9.17, 15) is 10.1 Å². The molecule has 2 aromatic carbocycles. The van der Waals surface area contributed by atoms with Gasteiger partial charge in [-0.1, -0.05) is 30.3 Å². The molecule has 0 unspecified atom stereocenters. The Kier molecular flexibility index (Phi) is 5.80. The van der Waals surface area contributed by atoms with E-state index in [-0.39, 0.29) is 23.8 Å². The molecule has 144 valence electrons. The van der Waals surface area contributed by atoms with Gasteiger partial charge in [0.1, 0.15) is 0 Å². The standard InChI is InChI=1S/C18H17N5O4S/c1-3-27-16-14(23(24)25)9-12(10-15(16)26-2)11-19-22-17(20-21-18(22)28)13-7-5-4-6-8-13/h4-11H,3H2,1-2H3,(H,21,28)/b19-11-. The van der Waals surface area contributed by atoms with Gasteiger partial charge in [-0.05, 0) is 25.2 Å². The Morgan fingerprint density at radius 3 is 2.75 bits per heavy atom. The van der Waals surface area contributed by atoms with Crippen LogP contribution in [0.25, 0.3) is 11.4 Å². The quantitative estimate of drug-likeness (QED) is 0.280. The van der Waals surface area contributed by atoms with Crippen LogP contribution < -0.4 is 9.47 Å². The predicted octanol–water partition coefficient (Wildman–Crippen LogP) is 3.81. The van der Waals surface area contributed by atoms with Crippen LogP contribution in [0.5, 0.6) is 11.5 Å². The highest BCUT2D eigenvalue weighted by Crippen LogP contribution is 2.38. The molecule has 10 heteroatoms. The first-order chi connectivity index (χ1) is 13.5. The predicted molar refractivity (Wildman–Crippen MR) is 107 cm³/mol. The van der Waals surface area contributed by atoms with Gasteiger partial charge in [-0.25, -0.2) is 5.10 Å². The minimum atomic E-state index is -0.524. The lowest BCUT2D eigenvalue weighted by molar-refractivity contribution is -0.385. The summed E-state index contributed by atoms with van der Waals surface area (Å²) in [6.07, 6.45) is 1.45. The van der Waals surface area contributed by atoms with Gasteiger partial charge in [-0.3, -0.25) is 10.1 Å². The first-order valence-corrected chi connectivity index (χ1v) is 8.72. The third kappa shape index (κ3) is 3.91. The molecule has 0 atom stereocenters. The van der Waals surface area contributed by atoms with Crippen LogP contribution in [0.2, 0.25) is 0 Å². The van der Waals surface area contributed by atoms with Crippen LogP contribution in [-0.4, -0.2) is 39.7 Å². The first-order valence-electron chi connectivity index (χ1n) is 8.31. The molecule has 0 aliphatic heterocycles. The summed E-state index contributed by atoms with van der Waals surface area (Å²) in [6, 6.07) is 12.4. The highest BCUT2D eigenvalue weighted by Gasteiger charge is 2.21. The molecule has 0 saturated heterocycles. The van der Waals surface area contributed by atoms with Crippen molar-refractivity contribution in [1.82, 2.24) is 14.9 Å². The van der Waals surface area contributed by atoms with Crippen LogP contribution in [0, 0.1) is 14.9 Å². The monoisotopic (exact) mass is 399 g/mol. The smallest absolute Gasteiger partial charge is 0.315 e. The third-order valence-corrected chi connectivity index (χ3v) is 4.03. The van der Waals surface area contributed by atoms with Crippen molar-refractivity contribution in [2.24, 2.45) is 5.10 Å². The second-order valence-electron chi connectivity index (χ2n) is 5.54. The second kappa shape index (κ2) is 8.44. The highest BCUT2D eigenvalue weighted by atomic mass is 32.1. The number of nitro groups is 1. The van der Waals surface area contributed by atoms with Gasteiger partial charge < -0.3 is 9.47 Å². The lowest BCUT2D eigenvalue weighted by Gasteiger charge is -2.10. The van der Waals surface area contributed by atoms with Gasteiger partial charge >= 0.3 is 5.69 Å². The molecular formula is C18H17N5O4S. The average molecular weight is 399 g/mol. The van der Waals surface area contributed by atoms with Crippen molar-refractivity contribution in [3.05, 3.63) is 62.9 Å². The summed E-state index contributed by atoms with van der Waals surface area (Å²) in [7, 11) is 1.42. The maximum Gasteiger partial charge on any atom is 0.315 e. The van der Waals surface area contributed by atoms with Crippen molar-refractivity contribution < 1.29 is 14.4 Å². The fourth-order valence-corrected chi connectivity index (χ4v) is 2.74. The summed E-state index contributed by atoms with van der Waals surface area (Å²) < 4.78 is 12.4. The van der Waals surface area contributed by atoms with Crippen LogP contribution in [0.15, 0.2) is 47.6 Å². The summed E-state index contributed by atoms with van der Waals surface area (Å²) >= 11 is 5.24. The molecule has 3 rings (SSSR count). The number of nitrogens with one attached hydrogen (secondary N) is 1. The number of nitro benzene ring substituents is 1. The molecular weight excluding hydrogens is 382 g/mol. The van der Waals surface area contributed by atoms with E-state index < -0.39 is 4.92 Å². The summed E-state index contributed by atoms with van der Waals surface area (Å²) in [5.41, 5.74) is 1.07. The van der Waals surface area contributed by atoms with Crippen molar-refractivity contribution in [1.29, 1.82) is 0 Å². The van der Waals surface area contributed by atoms with Gasteiger partial charge in [0.05, 0.1) is 24.9 Å². The van der Waals surface area contributed by atoms with Crippen LogP contribution in [0.3, 0.4) is 0 Å². The molecule has 9 nitrogen and oxygen atoms in total. The van der Waals surface area contributed by atoms with Gasteiger partial charge in [-0.2, -0.15) is 14.9 Å². The van der Waals surface area contributed by atoms with E-state index in [1.54, 1.807) is 13.0 Å². The van der Waals surface area contributed by atoms with E-state index >= 15 is 0 Å². The Morgan fingerprint density at radius 1 is 1.36 bits per heavy atom. The zero-order chi connectivity index (χ0) is 20.1. The SMILES string of the molecule is CCOc1c(OC)cc(/C=N\n2c(-c3ccccc3)n[nH]c2=S)cc1[N+](=O)[O-]. The van der Waals surface area contributed by atoms with Crippen molar-refractivity contribution in [3.63, 3.8) is 0 Å². The average Bonchev–Trinajstić information content (AvgIpc) is 3.08. The summed E-state index contributed by atoms with van der Waals surface area (Å²) in [5, 5.41) is 22.7. The molecule has 3 aromatic rings. The zero-order valence-electron chi connectivity index (χ0n) is 15.2. The van der Waals surface area contributed by atoms with Crippen molar-refractivity contribution in [2.75, 3.05) is 13.7 Å². The number of ether oxygens (including phenoxy) is 2. The normalized spacial score (nSPS) is 10.9. The molecule has 1 N–H and O–H groups in total. The van der Waals surface area contributed by atoms with Crippen LogP contribution >= 0.6 is 12.2 Å². The Balaban J connectivity index is 2.04. The number of methoxy groups -OCH3 is 1. The minimum absolute atomic E-state index is 0.0806. The summed E-state index contributed by atoms with van der Waals surface area (Å²) in [5.74, 6) is 0.850. The zero-order valence-corrected chi connectivity index (χ0v) is 16.0. The molecule has 0 amide bonds. The van der Waals surface area contributed by atoms with Crippen LogP contribution in [0.1, 0.15) is 12.5 Å². The number of benzene rings is 2. The fourth-order valence-electron chi connectivity index (χ4n) is 2.56. The molecule has 0 bridgehead atoms. The van der Waals surface area contributed by atoms with Crippen molar-refractivity contribution >= 4 is 24.1 Å². The van der Waals surface area contributed by atoms with Gasteiger partial charge in [0.2, 0.25) is 10.5 Å². The number of hydrogen-bond acceptors (Lipinski definition) is 7. The van der Waals surface area contributed by atoms with E-state index in [2.05, 4.69) is 15.3 Å². The highest BCUT2D eigenvalue weighted by molar-refractivity contribution is 7.71. The number of rotatable bonds is 7. The molecule has 0 aliphatic carbocycles. The Labute approximate surface area is 165 Å².